The lowest BCUT2D eigenvalue weighted by atomic mass is 10.2. The van der Waals surface area contributed by atoms with E-state index in [2.05, 4.69) is 20.7 Å². The zero-order chi connectivity index (χ0) is 16.4. The summed E-state index contributed by atoms with van der Waals surface area (Å²) in [6, 6.07) is 3.35. The molecule has 1 aromatic rings. The first-order valence-corrected chi connectivity index (χ1v) is 8.52. The molecule has 1 heterocycles. The number of nitrogens with zero attached hydrogens (tertiary/aromatic N) is 1. The standard InChI is InChI=1S/C13H9BrINO5S/c1-21-10(17)5-16-12(19)9(22-13(16)20)3-6-2-7(14)4-8(15)11(6)18/h2-4,18H,5H2,1H3/b9-3-. The summed E-state index contributed by atoms with van der Waals surface area (Å²) in [6.45, 7) is -0.430. The molecule has 2 rings (SSSR count). The molecule has 0 bridgehead atoms. The Labute approximate surface area is 152 Å². The number of rotatable bonds is 3. The molecule has 1 aliphatic rings. The number of amides is 2. The minimum Gasteiger partial charge on any atom is -0.506 e. The molecule has 0 spiro atoms. The van der Waals surface area contributed by atoms with Gasteiger partial charge in [0.15, 0.2) is 0 Å². The highest BCUT2D eigenvalue weighted by molar-refractivity contribution is 14.1. The number of aromatic hydroxyl groups is 1. The van der Waals surface area contributed by atoms with E-state index < -0.39 is 23.7 Å². The predicted octanol–water partition coefficient (Wildman–Crippen LogP) is 2.97. The van der Waals surface area contributed by atoms with Crippen molar-refractivity contribution < 1.29 is 24.2 Å². The van der Waals surface area contributed by atoms with Crippen LogP contribution in [-0.4, -0.2) is 40.8 Å². The molecular formula is C13H9BrINO5S. The van der Waals surface area contributed by atoms with Crippen molar-refractivity contribution in [1.29, 1.82) is 0 Å². The fraction of sp³-hybridized carbons (Fsp3) is 0.154. The van der Waals surface area contributed by atoms with Gasteiger partial charge in [0.05, 0.1) is 15.6 Å². The Morgan fingerprint density at radius 2 is 2.18 bits per heavy atom. The zero-order valence-electron chi connectivity index (χ0n) is 11.1. The highest BCUT2D eigenvalue weighted by atomic mass is 127. The molecule has 1 aromatic carbocycles. The number of phenolic OH excluding ortho intramolecular Hbond substituents is 1. The summed E-state index contributed by atoms with van der Waals surface area (Å²) < 4.78 is 5.79. The number of hydrogen-bond acceptors (Lipinski definition) is 6. The second kappa shape index (κ2) is 7.01. The number of thioether (sulfide) groups is 1. The van der Waals surface area contributed by atoms with E-state index in [0.29, 0.717) is 20.9 Å². The number of imide groups is 1. The van der Waals surface area contributed by atoms with Crippen LogP contribution in [0.1, 0.15) is 5.56 Å². The monoisotopic (exact) mass is 497 g/mol. The van der Waals surface area contributed by atoms with Gasteiger partial charge in [-0.25, -0.2) is 0 Å². The van der Waals surface area contributed by atoms with Crippen LogP contribution in [0.25, 0.3) is 6.08 Å². The predicted molar refractivity (Wildman–Crippen MR) is 93.2 cm³/mol. The number of methoxy groups -OCH3 is 1. The lowest BCUT2D eigenvalue weighted by molar-refractivity contribution is -0.143. The van der Waals surface area contributed by atoms with Crippen molar-refractivity contribution in [2.45, 2.75) is 0 Å². The van der Waals surface area contributed by atoms with Gasteiger partial charge in [-0.15, -0.1) is 0 Å². The Hall–Kier alpha value is -1.07. The Balaban J connectivity index is 2.33. The van der Waals surface area contributed by atoms with Gasteiger partial charge in [-0.3, -0.25) is 19.3 Å². The molecule has 1 saturated heterocycles. The molecule has 9 heteroatoms. The Kier molecular flexibility index (Phi) is 5.50. The van der Waals surface area contributed by atoms with Gasteiger partial charge in [0.25, 0.3) is 11.1 Å². The van der Waals surface area contributed by atoms with Crippen LogP contribution in [0, 0.1) is 3.57 Å². The fourth-order valence-electron chi connectivity index (χ4n) is 1.67. The number of carbonyl (C=O) groups excluding carboxylic acids is 3. The van der Waals surface area contributed by atoms with Gasteiger partial charge in [-0.2, -0.15) is 0 Å². The van der Waals surface area contributed by atoms with Crippen molar-refractivity contribution >= 4 is 73.5 Å². The van der Waals surface area contributed by atoms with Crippen molar-refractivity contribution in [2.75, 3.05) is 13.7 Å². The van der Waals surface area contributed by atoms with Crippen LogP contribution < -0.4 is 0 Å². The molecule has 6 nitrogen and oxygen atoms in total. The van der Waals surface area contributed by atoms with E-state index in [-0.39, 0.29) is 10.7 Å². The number of ether oxygens (including phenoxy) is 1. The van der Waals surface area contributed by atoms with E-state index >= 15 is 0 Å². The number of hydrogen-bond donors (Lipinski definition) is 1. The lowest BCUT2D eigenvalue weighted by Crippen LogP contribution is -2.34. The first-order chi connectivity index (χ1) is 10.3. The van der Waals surface area contributed by atoms with Gasteiger partial charge in [0.2, 0.25) is 0 Å². The highest BCUT2D eigenvalue weighted by Crippen LogP contribution is 2.36. The van der Waals surface area contributed by atoms with Crippen molar-refractivity contribution in [2.24, 2.45) is 0 Å². The van der Waals surface area contributed by atoms with Crippen LogP contribution in [0.2, 0.25) is 0 Å². The second-order valence-corrected chi connectivity index (χ2v) is 7.24. The number of halogens is 2. The molecule has 0 aromatic heterocycles. The van der Waals surface area contributed by atoms with Gasteiger partial charge in [-0.1, -0.05) is 15.9 Å². The summed E-state index contributed by atoms with van der Waals surface area (Å²) in [7, 11) is 1.18. The summed E-state index contributed by atoms with van der Waals surface area (Å²) in [6.07, 6.45) is 1.42. The van der Waals surface area contributed by atoms with E-state index in [0.717, 1.165) is 9.37 Å². The van der Waals surface area contributed by atoms with Crippen LogP contribution in [-0.2, 0) is 14.3 Å². The molecule has 2 amide bonds. The van der Waals surface area contributed by atoms with Crippen LogP contribution >= 0.6 is 50.3 Å². The average Bonchev–Trinajstić information content (AvgIpc) is 2.71. The summed E-state index contributed by atoms with van der Waals surface area (Å²) in [5.41, 5.74) is 0.405. The summed E-state index contributed by atoms with van der Waals surface area (Å²) in [5, 5.41) is 9.47. The van der Waals surface area contributed by atoms with E-state index in [9.17, 15) is 19.5 Å². The second-order valence-electron chi connectivity index (χ2n) is 4.17. The van der Waals surface area contributed by atoms with Crippen LogP contribution in [0.15, 0.2) is 21.5 Å². The maximum absolute atomic E-state index is 12.2. The first-order valence-electron chi connectivity index (χ1n) is 5.83. The van der Waals surface area contributed by atoms with Crippen molar-refractivity contribution in [3.8, 4) is 5.75 Å². The number of benzene rings is 1. The highest BCUT2D eigenvalue weighted by Gasteiger charge is 2.36. The summed E-state index contributed by atoms with van der Waals surface area (Å²) in [5.74, 6) is -1.25. The van der Waals surface area contributed by atoms with Crippen LogP contribution in [0.3, 0.4) is 0 Å². The zero-order valence-corrected chi connectivity index (χ0v) is 15.7. The third-order valence-electron chi connectivity index (χ3n) is 2.73. The van der Waals surface area contributed by atoms with Gasteiger partial charge in [-0.05, 0) is 52.6 Å². The van der Waals surface area contributed by atoms with Gasteiger partial charge in [0.1, 0.15) is 12.3 Å². The van der Waals surface area contributed by atoms with E-state index in [4.69, 9.17) is 0 Å². The molecule has 1 N–H and O–H groups in total. The normalized spacial score (nSPS) is 16.5. The molecule has 0 unspecified atom stereocenters. The molecule has 0 atom stereocenters. The van der Waals surface area contributed by atoms with E-state index in [1.807, 2.05) is 22.6 Å². The maximum atomic E-state index is 12.2. The van der Waals surface area contributed by atoms with Crippen LogP contribution in [0.5, 0.6) is 5.75 Å². The molecule has 0 radical (unpaired) electrons. The molecule has 0 saturated carbocycles. The first kappa shape index (κ1) is 17.3. The third-order valence-corrected chi connectivity index (χ3v) is 4.92. The Morgan fingerprint density at radius 3 is 2.82 bits per heavy atom. The van der Waals surface area contributed by atoms with Crippen molar-refractivity contribution in [3.05, 3.63) is 30.6 Å². The molecular weight excluding hydrogens is 489 g/mol. The fourth-order valence-corrected chi connectivity index (χ4v) is 4.05. The van der Waals surface area contributed by atoms with E-state index in [1.165, 1.54) is 13.2 Å². The van der Waals surface area contributed by atoms with Crippen LogP contribution in [0.4, 0.5) is 4.79 Å². The van der Waals surface area contributed by atoms with Crippen molar-refractivity contribution in [3.63, 3.8) is 0 Å². The quantitative estimate of drug-likeness (QED) is 0.392. The Morgan fingerprint density at radius 1 is 1.50 bits per heavy atom. The molecule has 22 heavy (non-hydrogen) atoms. The summed E-state index contributed by atoms with van der Waals surface area (Å²) in [4.78, 5) is 36.1. The molecule has 1 fully saturated rings. The third kappa shape index (κ3) is 3.63. The largest absolute Gasteiger partial charge is 0.506 e. The average molecular weight is 498 g/mol. The number of phenols is 1. The molecule has 0 aliphatic carbocycles. The lowest BCUT2D eigenvalue weighted by Gasteiger charge is -2.09. The summed E-state index contributed by atoms with van der Waals surface area (Å²) >= 11 is 5.97. The number of esters is 1. The number of carbonyl (C=O) groups is 3. The smallest absolute Gasteiger partial charge is 0.325 e. The van der Waals surface area contributed by atoms with Crippen molar-refractivity contribution in [1.82, 2.24) is 4.90 Å². The Bertz CT molecular complexity index is 706. The maximum Gasteiger partial charge on any atom is 0.325 e. The minimum atomic E-state index is -0.677. The van der Waals surface area contributed by atoms with Gasteiger partial charge < -0.3 is 9.84 Å². The van der Waals surface area contributed by atoms with Gasteiger partial charge >= 0.3 is 5.97 Å². The SMILES string of the molecule is COC(=O)CN1C(=O)S/C(=C\c2cc(Br)cc(I)c2O)C1=O. The van der Waals surface area contributed by atoms with Gasteiger partial charge in [0, 0.05) is 10.0 Å². The molecule has 116 valence electrons. The topological polar surface area (TPSA) is 83.9 Å². The molecule has 1 aliphatic heterocycles. The van der Waals surface area contributed by atoms with E-state index in [1.54, 1.807) is 12.1 Å². The minimum absolute atomic E-state index is 0.0172.